The lowest BCUT2D eigenvalue weighted by Crippen LogP contribution is -2.31. The lowest BCUT2D eigenvalue weighted by molar-refractivity contribution is 0.0919. The van der Waals surface area contributed by atoms with E-state index in [2.05, 4.69) is 16.4 Å². The van der Waals surface area contributed by atoms with Gasteiger partial charge in [-0.2, -0.15) is 0 Å². The third-order valence-electron chi connectivity index (χ3n) is 4.43. The molecule has 1 atom stereocenters. The van der Waals surface area contributed by atoms with Gasteiger partial charge >= 0.3 is 6.09 Å². The normalized spacial score (nSPS) is 16.9. The molecule has 3 rings (SSSR count). The summed E-state index contributed by atoms with van der Waals surface area (Å²) in [5.74, 6) is 0.840. The zero-order valence-electron chi connectivity index (χ0n) is 14.2. The second-order valence-corrected chi connectivity index (χ2v) is 6.01. The molecule has 5 nitrogen and oxygen atoms in total. The first-order valence-electron chi connectivity index (χ1n) is 8.31. The summed E-state index contributed by atoms with van der Waals surface area (Å²) in [6.07, 6.45) is 1.68. The van der Waals surface area contributed by atoms with Gasteiger partial charge in [0, 0.05) is 19.3 Å². The molecule has 1 N–H and O–H groups in total. The number of carbonyl (C=O) groups excluding carboxylic acids is 1. The summed E-state index contributed by atoms with van der Waals surface area (Å²) < 4.78 is 5.50. The molecule has 5 heteroatoms. The molecule has 2 heterocycles. The predicted molar refractivity (Wildman–Crippen MR) is 93.8 cm³/mol. The number of carbonyl (C=O) groups is 1. The van der Waals surface area contributed by atoms with Crippen molar-refractivity contribution in [3.63, 3.8) is 0 Å². The van der Waals surface area contributed by atoms with Crippen LogP contribution in [0, 0.1) is 6.92 Å². The number of nitrogens with one attached hydrogen (secondary N) is 1. The third-order valence-corrected chi connectivity index (χ3v) is 4.43. The van der Waals surface area contributed by atoms with E-state index in [4.69, 9.17) is 4.74 Å². The standard InChI is InChI=1S/C19H23N3O2/c1-14-16(10-11-18(20-2)21-14)17-9-6-12-22(17)19(23)24-13-15-7-4-3-5-8-15/h3-5,7-8,10-11,17H,6,9,12-13H2,1-2H3,(H,20,21)/t17-/m0/s1. The fraction of sp³-hybridized carbons (Fsp3) is 0.368. The number of hydrogen-bond donors (Lipinski definition) is 1. The Kier molecular flexibility index (Phi) is 4.99. The van der Waals surface area contributed by atoms with Gasteiger partial charge < -0.3 is 15.0 Å². The molecule has 1 fully saturated rings. The second-order valence-electron chi connectivity index (χ2n) is 6.01. The quantitative estimate of drug-likeness (QED) is 0.926. The van der Waals surface area contributed by atoms with Gasteiger partial charge in [0.05, 0.1) is 6.04 Å². The molecule has 126 valence electrons. The molecule has 0 bridgehead atoms. The van der Waals surface area contributed by atoms with Crippen LogP contribution in [-0.2, 0) is 11.3 Å². The monoisotopic (exact) mass is 325 g/mol. The van der Waals surface area contributed by atoms with Gasteiger partial charge in [-0.1, -0.05) is 36.4 Å². The van der Waals surface area contributed by atoms with Crippen LogP contribution in [0.5, 0.6) is 0 Å². The fourth-order valence-electron chi connectivity index (χ4n) is 3.17. The summed E-state index contributed by atoms with van der Waals surface area (Å²) in [5, 5.41) is 3.04. The first-order valence-corrected chi connectivity index (χ1v) is 8.31. The molecule has 0 spiro atoms. The molecule has 1 aliphatic rings. The highest BCUT2D eigenvalue weighted by Crippen LogP contribution is 2.34. The van der Waals surface area contributed by atoms with Gasteiger partial charge in [-0.15, -0.1) is 0 Å². The Morgan fingerprint density at radius 1 is 1.29 bits per heavy atom. The van der Waals surface area contributed by atoms with Crippen LogP contribution in [0.1, 0.15) is 35.7 Å². The number of benzene rings is 1. The molecular weight excluding hydrogens is 302 g/mol. The van der Waals surface area contributed by atoms with E-state index in [-0.39, 0.29) is 12.1 Å². The maximum atomic E-state index is 12.5. The zero-order chi connectivity index (χ0) is 16.9. The molecule has 1 aliphatic heterocycles. The largest absolute Gasteiger partial charge is 0.445 e. The van der Waals surface area contributed by atoms with E-state index in [1.54, 1.807) is 0 Å². The molecule has 2 aromatic rings. The Balaban J connectivity index is 1.69. The first kappa shape index (κ1) is 16.3. The molecule has 1 amide bonds. The minimum absolute atomic E-state index is 0.0479. The summed E-state index contributed by atoms with van der Waals surface area (Å²) in [6.45, 7) is 3.02. The lowest BCUT2D eigenvalue weighted by atomic mass is 10.0. The highest BCUT2D eigenvalue weighted by atomic mass is 16.6. The van der Waals surface area contributed by atoms with Crippen molar-refractivity contribution in [2.45, 2.75) is 32.4 Å². The Morgan fingerprint density at radius 3 is 2.79 bits per heavy atom. The van der Waals surface area contributed by atoms with Gasteiger partial charge in [0.15, 0.2) is 0 Å². The maximum Gasteiger partial charge on any atom is 0.410 e. The Labute approximate surface area is 142 Å². The highest BCUT2D eigenvalue weighted by molar-refractivity contribution is 5.69. The van der Waals surface area contributed by atoms with E-state index >= 15 is 0 Å². The lowest BCUT2D eigenvalue weighted by Gasteiger charge is -2.25. The number of aromatic nitrogens is 1. The topological polar surface area (TPSA) is 54.5 Å². The van der Waals surface area contributed by atoms with Crippen LogP contribution < -0.4 is 5.32 Å². The van der Waals surface area contributed by atoms with E-state index in [0.29, 0.717) is 6.61 Å². The summed E-state index contributed by atoms with van der Waals surface area (Å²) in [5.41, 5.74) is 3.05. The number of ether oxygens (including phenoxy) is 1. The fourth-order valence-corrected chi connectivity index (χ4v) is 3.17. The van der Waals surface area contributed by atoms with Crippen LogP contribution in [0.25, 0.3) is 0 Å². The van der Waals surface area contributed by atoms with Crippen molar-refractivity contribution in [3.8, 4) is 0 Å². The number of nitrogens with zero attached hydrogens (tertiary/aromatic N) is 2. The molecule has 24 heavy (non-hydrogen) atoms. The molecule has 0 saturated carbocycles. The Morgan fingerprint density at radius 2 is 2.08 bits per heavy atom. The minimum Gasteiger partial charge on any atom is -0.445 e. The van der Waals surface area contributed by atoms with Crippen LogP contribution in [-0.4, -0.2) is 29.6 Å². The zero-order valence-corrected chi connectivity index (χ0v) is 14.2. The molecule has 0 aliphatic carbocycles. The van der Waals surface area contributed by atoms with Gasteiger partial charge in [-0.25, -0.2) is 9.78 Å². The molecule has 1 aromatic heterocycles. The molecule has 0 radical (unpaired) electrons. The van der Waals surface area contributed by atoms with Gasteiger partial charge in [0.25, 0.3) is 0 Å². The summed E-state index contributed by atoms with van der Waals surface area (Å²) in [4.78, 5) is 18.9. The number of likely N-dealkylation sites (tertiary alicyclic amines) is 1. The van der Waals surface area contributed by atoms with Crippen molar-refractivity contribution in [2.24, 2.45) is 0 Å². The van der Waals surface area contributed by atoms with E-state index in [9.17, 15) is 4.79 Å². The van der Waals surface area contributed by atoms with E-state index < -0.39 is 0 Å². The van der Waals surface area contributed by atoms with Crippen LogP contribution in [0.15, 0.2) is 42.5 Å². The van der Waals surface area contributed by atoms with Gasteiger partial charge in [0.1, 0.15) is 12.4 Å². The van der Waals surface area contributed by atoms with Crippen molar-refractivity contribution in [1.82, 2.24) is 9.88 Å². The summed E-state index contributed by atoms with van der Waals surface area (Å²) >= 11 is 0. The second kappa shape index (κ2) is 7.34. The summed E-state index contributed by atoms with van der Waals surface area (Å²) in [6, 6.07) is 13.8. The van der Waals surface area contributed by atoms with Gasteiger partial charge in [-0.3, -0.25) is 0 Å². The third kappa shape index (κ3) is 3.50. The molecule has 1 saturated heterocycles. The van der Waals surface area contributed by atoms with Crippen molar-refractivity contribution in [3.05, 3.63) is 59.3 Å². The number of anilines is 1. The molecule has 0 unspecified atom stereocenters. The van der Waals surface area contributed by atoms with Crippen LogP contribution in [0.3, 0.4) is 0 Å². The van der Waals surface area contributed by atoms with Crippen molar-refractivity contribution < 1.29 is 9.53 Å². The smallest absolute Gasteiger partial charge is 0.410 e. The van der Waals surface area contributed by atoms with Gasteiger partial charge in [0.2, 0.25) is 0 Å². The van der Waals surface area contributed by atoms with Crippen molar-refractivity contribution >= 4 is 11.9 Å². The minimum atomic E-state index is -0.251. The maximum absolute atomic E-state index is 12.5. The van der Waals surface area contributed by atoms with E-state index in [1.807, 2.05) is 55.3 Å². The number of rotatable bonds is 4. The average molecular weight is 325 g/mol. The Hall–Kier alpha value is -2.56. The molecule has 1 aromatic carbocycles. The average Bonchev–Trinajstić information content (AvgIpc) is 3.10. The van der Waals surface area contributed by atoms with E-state index in [0.717, 1.165) is 42.0 Å². The van der Waals surface area contributed by atoms with Crippen molar-refractivity contribution in [2.75, 3.05) is 18.9 Å². The SMILES string of the molecule is CNc1ccc([C@@H]2CCCN2C(=O)OCc2ccccc2)c(C)n1. The van der Waals surface area contributed by atoms with E-state index in [1.165, 1.54) is 0 Å². The first-order chi connectivity index (χ1) is 11.7. The summed E-state index contributed by atoms with van der Waals surface area (Å²) in [7, 11) is 1.85. The predicted octanol–water partition coefficient (Wildman–Crippen LogP) is 3.91. The molecular formula is C19H23N3O2. The van der Waals surface area contributed by atoms with Crippen LogP contribution >= 0.6 is 0 Å². The van der Waals surface area contributed by atoms with Crippen LogP contribution in [0.4, 0.5) is 10.6 Å². The number of hydrogen-bond acceptors (Lipinski definition) is 4. The number of amides is 1. The van der Waals surface area contributed by atoms with Crippen LogP contribution in [0.2, 0.25) is 0 Å². The highest BCUT2D eigenvalue weighted by Gasteiger charge is 2.32. The number of aryl methyl sites for hydroxylation is 1. The Bertz CT molecular complexity index is 703. The number of pyridine rings is 1. The van der Waals surface area contributed by atoms with Crippen molar-refractivity contribution in [1.29, 1.82) is 0 Å². The van der Waals surface area contributed by atoms with Gasteiger partial charge in [-0.05, 0) is 37.0 Å².